The number of benzene rings is 19. The maximum atomic E-state index is 6.28. The van der Waals surface area contributed by atoms with Crippen LogP contribution in [0.1, 0.15) is 0 Å². The van der Waals surface area contributed by atoms with Gasteiger partial charge in [-0.2, -0.15) is 4.98 Å². The van der Waals surface area contributed by atoms with E-state index >= 15 is 0 Å². The van der Waals surface area contributed by atoms with Gasteiger partial charge in [-0.1, -0.05) is 449 Å². The first kappa shape index (κ1) is 77.6. The van der Waals surface area contributed by atoms with Gasteiger partial charge in [0.05, 0.1) is 49.8 Å². The highest BCUT2D eigenvalue weighted by atomic mass is 28.3. The second-order valence-electron chi connectivity index (χ2n) is 34.0. The lowest BCUT2D eigenvalue weighted by Crippen LogP contribution is -2.74. The molecule has 24 aromatic rings. The number of hydrogen-bond donors (Lipinski definition) is 0. The molecule has 0 N–H and O–H groups in total. The van der Waals surface area contributed by atoms with Crippen molar-refractivity contribution in [3.63, 3.8) is 0 Å². The van der Waals surface area contributed by atoms with Gasteiger partial charge in [0.25, 0.3) is 0 Å². The Hall–Kier alpha value is -16.0. The van der Waals surface area contributed by atoms with E-state index in [2.05, 4.69) is 534 Å². The smallest absolute Gasteiger partial charge is 0.239 e. The second kappa shape index (κ2) is 32.1. The molecule has 5 aromatic heterocycles. The zero-order valence-electron chi connectivity index (χ0n) is 71.2. The Kier molecular flexibility index (Phi) is 19.2. The Labute approximate surface area is 758 Å². The van der Waals surface area contributed by atoms with E-state index in [0.29, 0.717) is 17.5 Å². The maximum absolute atomic E-state index is 6.28. The number of para-hydroxylation sites is 2. The highest BCUT2D eigenvalue weighted by Crippen LogP contribution is 2.38. The van der Waals surface area contributed by atoms with Crippen LogP contribution in [0.4, 0.5) is 0 Å². The van der Waals surface area contributed by atoms with Crippen LogP contribution in [0.25, 0.3) is 100 Å². The van der Waals surface area contributed by atoms with Crippen LogP contribution in [0.2, 0.25) is 0 Å². The van der Waals surface area contributed by atoms with E-state index in [-0.39, 0.29) is 0 Å². The van der Waals surface area contributed by atoms with Gasteiger partial charge in [0.1, 0.15) is 5.82 Å². The summed E-state index contributed by atoms with van der Waals surface area (Å²) in [5, 5.41) is 25.1. The van der Waals surface area contributed by atoms with Crippen molar-refractivity contribution in [3.05, 3.63) is 516 Å². The highest BCUT2D eigenvalue weighted by Gasteiger charge is 2.47. The number of imidazole rings is 2. The van der Waals surface area contributed by atoms with Gasteiger partial charge >= 0.3 is 0 Å². The summed E-state index contributed by atoms with van der Waals surface area (Å²) in [5.74, 6) is 1.85. The largest absolute Gasteiger partial charge is 0.309 e. The molecule has 0 aliphatic carbocycles. The van der Waals surface area contributed by atoms with Gasteiger partial charge in [0, 0.05) is 38.9 Å². The molecule has 7 nitrogen and oxygen atoms in total. The summed E-state index contributed by atoms with van der Waals surface area (Å²) in [6.45, 7) is 0. The average molecular weight is 1730 g/mol. The SMILES string of the molecule is c1ccc([Si](c2ccccc2)(c2ccccc2)c2ccc3c(c2)c2cc([Si](c4ccccc4)(c4ccccc4)c4ccccc4)ccc2n3-c2cc(-c3cccc(-n4c5ccccc5c5ccccc54)c3)nc(-n3c4ccc([Si](c5ccccc5)(c5ccccc5)c5ccccc5)cc4n4c5cc([Si](c6ccccc6)(c6ccccc6)c6ccccc6)ccc5nc34)n2)cc1. The predicted molar refractivity (Wildman–Crippen MR) is 554 cm³/mol. The predicted octanol–water partition coefficient (Wildman–Crippen LogP) is 16.6. The van der Waals surface area contributed by atoms with Gasteiger partial charge in [0.2, 0.25) is 11.7 Å². The summed E-state index contributed by atoms with van der Waals surface area (Å²) in [7, 11) is -12.8. The standard InChI is InChI=1S/C119H85N7Si4/c1-13-44-88(45-14-1)127(89-46-15-2-16-47-89,90-48-17-3-18-49-90)100-73-77-112-106(81-100)107-82-101(128(91-50-19-4-20-51-91,92-52-21-5-22-53-92)93-54-23-6-24-55-93)74-78-113(107)124(112)117-85-109(86-42-41-43-87(80-86)123-110-70-39-37-68-104(110)105-69-38-40-71-111(105)123)120-118(122-117)126-114-79-75-103(130(97-62-31-10-32-63-97,98-64-33-11-34-65-98)99-66-35-12-36-67-99)84-116(114)125-115-83-102(72-76-108(115)121-119(125)126)129(94-56-25-7-26-57-94,95-58-27-8-28-59-95)96-60-29-9-30-61-96/h1-85H. The average Bonchev–Trinajstić information content (AvgIpc) is 1.41. The third-order valence-corrected chi connectivity index (χ3v) is 46.5. The van der Waals surface area contributed by atoms with Crippen molar-refractivity contribution in [2.24, 2.45) is 0 Å². The Balaban J connectivity index is 0.840. The molecule has 612 valence electrons. The number of rotatable bonds is 20. The van der Waals surface area contributed by atoms with Gasteiger partial charge in [-0.3, -0.25) is 8.97 Å². The highest BCUT2D eigenvalue weighted by molar-refractivity contribution is 7.22. The van der Waals surface area contributed by atoms with Crippen molar-refractivity contribution >= 4 is 187 Å². The van der Waals surface area contributed by atoms with Gasteiger partial charge in [-0.05, 0) is 144 Å². The number of aromatic nitrogens is 7. The number of fused-ring (bicyclic) bond motifs is 11. The molecule has 0 fully saturated rings. The molecule has 0 atom stereocenters. The van der Waals surface area contributed by atoms with Crippen LogP contribution in [0, 0.1) is 0 Å². The van der Waals surface area contributed by atoms with E-state index < -0.39 is 32.3 Å². The quantitative estimate of drug-likeness (QED) is 0.0564. The van der Waals surface area contributed by atoms with Crippen LogP contribution in [0.3, 0.4) is 0 Å². The molecule has 24 rings (SSSR count). The Morgan fingerprint density at radius 2 is 0.462 bits per heavy atom. The monoisotopic (exact) mass is 1720 g/mol. The third kappa shape index (κ3) is 12.2. The van der Waals surface area contributed by atoms with Gasteiger partial charge < -0.3 is 4.57 Å². The van der Waals surface area contributed by atoms with Gasteiger partial charge in [-0.15, -0.1) is 0 Å². The van der Waals surface area contributed by atoms with Gasteiger partial charge in [0.15, 0.2) is 32.3 Å². The first-order valence-electron chi connectivity index (χ1n) is 44.7. The molecule has 11 heteroatoms. The molecule has 0 unspecified atom stereocenters. The van der Waals surface area contributed by atoms with Crippen molar-refractivity contribution in [1.29, 1.82) is 0 Å². The molecular weight excluding hydrogens is 1640 g/mol. The Morgan fingerprint density at radius 3 is 0.808 bits per heavy atom. The van der Waals surface area contributed by atoms with Crippen molar-refractivity contribution in [2.75, 3.05) is 0 Å². The summed E-state index contributed by atoms with van der Waals surface area (Å²) in [6.07, 6.45) is 0. The van der Waals surface area contributed by atoms with Crippen LogP contribution in [-0.4, -0.2) is 65.3 Å². The lowest BCUT2D eigenvalue weighted by atomic mass is 10.1. The number of hydrogen-bond acceptors (Lipinski definition) is 3. The third-order valence-electron chi connectivity index (χ3n) is 27.4. The van der Waals surface area contributed by atoms with Crippen molar-refractivity contribution in [1.82, 2.24) is 33.1 Å². The van der Waals surface area contributed by atoms with Crippen LogP contribution >= 0.6 is 0 Å². The fraction of sp³-hybridized carbons (Fsp3) is 0. The molecule has 0 amide bonds. The lowest BCUT2D eigenvalue weighted by Gasteiger charge is -2.34. The van der Waals surface area contributed by atoms with E-state index in [1.54, 1.807) is 0 Å². The summed E-state index contributed by atoms with van der Waals surface area (Å²) in [4.78, 5) is 18.4. The van der Waals surface area contributed by atoms with Crippen LogP contribution in [0.5, 0.6) is 0 Å². The molecule has 130 heavy (non-hydrogen) atoms. The molecular formula is C119H85N7Si4. The summed E-state index contributed by atoms with van der Waals surface area (Å²) in [5.41, 5.74) is 10.6. The van der Waals surface area contributed by atoms with Gasteiger partial charge in [-0.25, -0.2) is 14.5 Å². The minimum absolute atomic E-state index is 0.466. The molecule has 5 heterocycles. The lowest BCUT2D eigenvalue weighted by molar-refractivity contribution is 0.937. The first-order chi connectivity index (χ1) is 64.5. The molecule has 0 radical (unpaired) electrons. The minimum atomic E-state index is -3.22. The zero-order valence-corrected chi connectivity index (χ0v) is 75.2. The number of nitrogens with zero attached hydrogens (tertiary/aromatic N) is 7. The summed E-state index contributed by atoms with van der Waals surface area (Å²) in [6, 6.07) is 194. The molecule has 0 saturated carbocycles. The summed E-state index contributed by atoms with van der Waals surface area (Å²) >= 11 is 0. The van der Waals surface area contributed by atoms with E-state index in [1.807, 2.05) is 0 Å². The second-order valence-corrected chi connectivity index (χ2v) is 49.3. The maximum Gasteiger partial charge on any atom is 0.239 e. The van der Waals surface area contributed by atoms with E-state index in [0.717, 1.165) is 71.9 Å². The van der Waals surface area contributed by atoms with Crippen molar-refractivity contribution in [2.45, 2.75) is 0 Å². The topological polar surface area (TPSA) is 57.9 Å². The molecule has 0 bridgehead atoms. The molecule has 0 spiro atoms. The minimum Gasteiger partial charge on any atom is -0.309 e. The normalized spacial score (nSPS) is 12.2. The van der Waals surface area contributed by atoms with Crippen LogP contribution in [0.15, 0.2) is 516 Å². The molecule has 19 aromatic carbocycles. The first-order valence-corrected chi connectivity index (χ1v) is 52.7. The van der Waals surface area contributed by atoms with Crippen molar-refractivity contribution in [3.8, 4) is 28.7 Å². The fourth-order valence-electron chi connectivity index (χ4n) is 21.9. The van der Waals surface area contributed by atoms with Crippen LogP contribution in [-0.2, 0) is 0 Å². The van der Waals surface area contributed by atoms with E-state index in [4.69, 9.17) is 15.0 Å². The van der Waals surface area contributed by atoms with Crippen molar-refractivity contribution < 1.29 is 0 Å². The molecule has 0 aliphatic heterocycles. The Morgan fingerprint density at radius 1 is 0.169 bits per heavy atom. The van der Waals surface area contributed by atoms with E-state index in [9.17, 15) is 0 Å². The molecule has 0 aliphatic rings. The zero-order chi connectivity index (χ0) is 86.2. The fourth-order valence-corrected chi connectivity index (χ4v) is 41.0. The van der Waals surface area contributed by atoms with E-state index in [1.165, 1.54) is 93.8 Å². The molecule has 0 saturated heterocycles. The van der Waals surface area contributed by atoms with Crippen LogP contribution < -0.4 is 83.0 Å². The summed E-state index contributed by atoms with van der Waals surface area (Å²) < 4.78 is 9.59. The Bertz CT molecular complexity index is 7690.